The van der Waals surface area contributed by atoms with E-state index < -0.39 is 23.3 Å². The van der Waals surface area contributed by atoms with Crippen LogP contribution in [-0.2, 0) is 0 Å². The SMILES string of the molecule is O=C(NC(=O)c1c(F)cccc1Cl)Nc1cc(Cl)c(Oc2ccc(Cl)cc2Br)c(Cl)c1Cl. The minimum Gasteiger partial charge on any atom is -0.453 e. The fourth-order valence-electron chi connectivity index (χ4n) is 2.46. The Hall–Kier alpha value is -1.74. The van der Waals surface area contributed by atoms with Crippen molar-refractivity contribution >= 4 is 91.6 Å². The van der Waals surface area contributed by atoms with Gasteiger partial charge in [0.2, 0.25) is 0 Å². The third kappa shape index (κ3) is 5.60. The number of carbonyl (C=O) groups excluding carboxylic acids is 2. The van der Waals surface area contributed by atoms with Crippen LogP contribution in [0.5, 0.6) is 11.5 Å². The second-order valence-corrected chi connectivity index (χ2v) is 8.91. The van der Waals surface area contributed by atoms with Gasteiger partial charge in [0.25, 0.3) is 5.91 Å². The van der Waals surface area contributed by atoms with Crippen LogP contribution in [0.3, 0.4) is 0 Å². The first-order chi connectivity index (χ1) is 15.1. The van der Waals surface area contributed by atoms with Crippen LogP contribution in [0.1, 0.15) is 10.4 Å². The van der Waals surface area contributed by atoms with Crippen LogP contribution < -0.4 is 15.4 Å². The molecule has 0 spiro atoms. The van der Waals surface area contributed by atoms with Gasteiger partial charge in [0.1, 0.15) is 16.6 Å². The predicted molar refractivity (Wildman–Crippen MR) is 129 cm³/mol. The van der Waals surface area contributed by atoms with Crippen molar-refractivity contribution in [3.8, 4) is 11.5 Å². The summed E-state index contributed by atoms with van der Waals surface area (Å²) in [7, 11) is 0. The number of hydrogen-bond donors (Lipinski definition) is 2. The number of urea groups is 1. The van der Waals surface area contributed by atoms with Crippen LogP contribution in [0.4, 0.5) is 14.9 Å². The van der Waals surface area contributed by atoms with E-state index in [1.54, 1.807) is 18.2 Å². The Morgan fingerprint density at radius 2 is 1.66 bits per heavy atom. The van der Waals surface area contributed by atoms with Gasteiger partial charge in [-0.2, -0.15) is 0 Å². The molecule has 166 valence electrons. The van der Waals surface area contributed by atoms with Crippen molar-refractivity contribution < 1.29 is 18.7 Å². The summed E-state index contributed by atoms with van der Waals surface area (Å²) in [6.07, 6.45) is 0. The van der Waals surface area contributed by atoms with Gasteiger partial charge in [-0.15, -0.1) is 0 Å². The lowest BCUT2D eigenvalue weighted by molar-refractivity contribution is 0.0963. The Labute approximate surface area is 214 Å². The molecule has 0 saturated carbocycles. The van der Waals surface area contributed by atoms with E-state index >= 15 is 0 Å². The van der Waals surface area contributed by atoms with E-state index in [0.29, 0.717) is 15.2 Å². The predicted octanol–water partition coefficient (Wildman–Crippen LogP) is 8.61. The highest BCUT2D eigenvalue weighted by Crippen LogP contribution is 2.46. The van der Waals surface area contributed by atoms with Crippen LogP contribution in [0.15, 0.2) is 46.9 Å². The fourth-order valence-corrected chi connectivity index (χ4v) is 4.20. The first-order valence-corrected chi connectivity index (χ1v) is 11.1. The quantitative estimate of drug-likeness (QED) is 0.295. The van der Waals surface area contributed by atoms with E-state index in [2.05, 4.69) is 21.2 Å². The van der Waals surface area contributed by atoms with Crippen molar-refractivity contribution in [1.29, 1.82) is 0 Å². The van der Waals surface area contributed by atoms with Gasteiger partial charge in [-0.3, -0.25) is 10.1 Å². The summed E-state index contributed by atoms with van der Waals surface area (Å²) >= 11 is 33.8. The number of nitrogens with one attached hydrogen (secondary N) is 2. The molecule has 0 unspecified atom stereocenters. The standard InChI is InChI=1S/C20H9BrCl5FN2O3/c21-9-6-8(22)4-5-14(9)32-18-11(24)7-13(16(25)17(18)26)28-20(31)29-19(30)15-10(23)2-1-3-12(15)27/h1-7H,(H2,28,29,30,31). The zero-order chi connectivity index (χ0) is 23.6. The molecule has 0 bridgehead atoms. The lowest BCUT2D eigenvalue weighted by atomic mass is 10.2. The Balaban J connectivity index is 1.80. The zero-order valence-corrected chi connectivity index (χ0v) is 20.8. The Bertz CT molecular complexity index is 1220. The van der Waals surface area contributed by atoms with Gasteiger partial charge in [-0.05, 0) is 52.3 Å². The minimum absolute atomic E-state index is 0.0139. The van der Waals surface area contributed by atoms with Gasteiger partial charge in [0.15, 0.2) is 5.75 Å². The summed E-state index contributed by atoms with van der Waals surface area (Å²) < 4.78 is 20.1. The fraction of sp³-hybridized carbons (Fsp3) is 0. The van der Waals surface area contributed by atoms with Gasteiger partial charge >= 0.3 is 6.03 Å². The number of benzene rings is 3. The number of ether oxygens (including phenoxy) is 1. The van der Waals surface area contributed by atoms with Crippen molar-refractivity contribution in [1.82, 2.24) is 5.32 Å². The Morgan fingerprint density at radius 3 is 2.31 bits per heavy atom. The first-order valence-electron chi connectivity index (χ1n) is 8.45. The Kier molecular flexibility index (Phi) is 8.14. The highest BCUT2D eigenvalue weighted by molar-refractivity contribution is 9.10. The van der Waals surface area contributed by atoms with Gasteiger partial charge in [-0.25, -0.2) is 9.18 Å². The van der Waals surface area contributed by atoms with Crippen LogP contribution in [0, 0.1) is 5.82 Å². The van der Waals surface area contributed by atoms with Gasteiger partial charge in [0.05, 0.1) is 30.8 Å². The average molecular weight is 601 g/mol. The molecule has 0 fully saturated rings. The summed E-state index contributed by atoms with van der Waals surface area (Å²) in [6, 6.07) is 8.73. The van der Waals surface area contributed by atoms with Gasteiger partial charge in [-0.1, -0.05) is 64.1 Å². The maximum absolute atomic E-state index is 13.9. The summed E-state index contributed by atoms with van der Waals surface area (Å²) in [5.41, 5.74) is -0.502. The lowest BCUT2D eigenvalue weighted by Gasteiger charge is -2.15. The van der Waals surface area contributed by atoms with E-state index in [0.717, 1.165) is 6.07 Å². The molecule has 0 radical (unpaired) electrons. The summed E-state index contributed by atoms with van der Waals surface area (Å²) in [6.45, 7) is 0. The number of hydrogen-bond acceptors (Lipinski definition) is 3. The maximum atomic E-state index is 13.9. The molecule has 2 N–H and O–H groups in total. The second-order valence-electron chi connectivity index (χ2n) is 6.04. The molecule has 32 heavy (non-hydrogen) atoms. The Morgan fingerprint density at radius 1 is 0.938 bits per heavy atom. The molecule has 3 aromatic rings. The van der Waals surface area contributed by atoms with Crippen LogP contribution in [-0.4, -0.2) is 11.9 Å². The topological polar surface area (TPSA) is 67.4 Å². The molecule has 0 aliphatic heterocycles. The average Bonchev–Trinajstić information content (AvgIpc) is 2.70. The maximum Gasteiger partial charge on any atom is 0.326 e. The molecule has 3 amide bonds. The van der Waals surface area contributed by atoms with Crippen molar-refractivity contribution in [3.63, 3.8) is 0 Å². The number of halogens is 7. The van der Waals surface area contributed by atoms with Gasteiger partial charge in [0, 0.05) is 5.02 Å². The van der Waals surface area contributed by atoms with E-state index in [9.17, 15) is 14.0 Å². The van der Waals surface area contributed by atoms with Crippen molar-refractivity contribution in [2.45, 2.75) is 0 Å². The number of anilines is 1. The zero-order valence-electron chi connectivity index (χ0n) is 15.4. The highest BCUT2D eigenvalue weighted by atomic mass is 79.9. The number of carbonyl (C=O) groups is 2. The molecule has 0 aromatic heterocycles. The number of rotatable bonds is 4. The molecular formula is C20H9BrCl5FN2O3. The van der Waals surface area contributed by atoms with Crippen LogP contribution in [0.2, 0.25) is 25.1 Å². The monoisotopic (exact) mass is 598 g/mol. The highest BCUT2D eigenvalue weighted by Gasteiger charge is 2.22. The molecule has 5 nitrogen and oxygen atoms in total. The summed E-state index contributed by atoms with van der Waals surface area (Å²) in [5, 5.41) is 4.41. The molecule has 0 heterocycles. The molecule has 0 aliphatic carbocycles. The molecule has 0 aliphatic rings. The lowest BCUT2D eigenvalue weighted by Crippen LogP contribution is -2.35. The first kappa shape index (κ1) is 24.9. The van der Waals surface area contributed by atoms with E-state index in [4.69, 9.17) is 62.7 Å². The number of imide groups is 1. The van der Waals surface area contributed by atoms with E-state index in [-0.39, 0.29) is 31.5 Å². The summed E-state index contributed by atoms with van der Waals surface area (Å²) in [4.78, 5) is 24.4. The molecule has 3 aromatic carbocycles. The van der Waals surface area contributed by atoms with Crippen LogP contribution >= 0.6 is 73.9 Å². The minimum atomic E-state index is -1.05. The van der Waals surface area contributed by atoms with E-state index in [1.165, 1.54) is 18.2 Å². The van der Waals surface area contributed by atoms with Crippen molar-refractivity contribution in [3.05, 3.63) is 83.4 Å². The van der Waals surface area contributed by atoms with Gasteiger partial charge < -0.3 is 10.1 Å². The third-order valence-electron chi connectivity index (χ3n) is 3.89. The second kappa shape index (κ2) is 10.5. The van der Waals surface area contributed by atoms with E-state index in [1.807, 2.05) is 5.32 Å². The summed E-state index contributed by atoms with van der Waals surface area (Å²) in [5.74, 6) is -1.55. The largest absolute Gasteiger partial charge is 0.453 e. The van der Waals surface area contributed by atoms with Crippen molar-refractivity contribution in [2.24, 2.45) is 0 Å². The normalized spacial score (nSPS) is 10.6. The molecular weight excluding hydrogens is 592 g/mol. The molecule has 3 rings (SSSR count). The number of amides is 3. The molecule has 0 saturated heterocycles. The molecule has 12 heteroatoms. The third-order valence-corrected chi connectivity index (χ3v) is 6.19. The molecule has 0 atom stereocenters. The van der Waals surface area contributed by atoms with Crippen molar-refractivity contribution in [2.75, 3.05) is 5.32 Å². The van der Waals surface area contributed by atoms with Crippen LogP contribution in [0.25, 0.3) is 0 Å². The smallest absolute Gasteiger partial charge is 0.326 e.